The van der Waals surface area contributed by atoms with Gasteiger partial charge in [-0.1, -0.05) is 29.6 Å². The minimum absolute atomic E-state index is 0.342. The zero-order valence-electron chi connectivity index (χ0n) is 8.79. The van der Waals surface area contributed by atoms with Gasteiger partial charge in [0, 0.05) is 12.1 Å². The van der Waals surface area contributed by atoms with E-state index in [0.29, 0.717) is 28.8 Å². The molecule has 2 rings (SSSR count). The molecule has 2 atom stereocenters. The summed E-state index contributed by atoms with van der Waals surface area (Å²) in [5.74, 6) is 0.503. The number of rotatable bonds is 3. The summed E-state index contributed by atoms with van der Waals surface area (Å²) in [4.78, 5) is 0. The monoisotopic (exact) mass is 260 g/mol. The van der Waals surface area contributed by atoms with E-state index in [9.17, 15) is 0 Å². The fraction of sp³-hybridized carbons (Fsp3) is 0.600. The van der Waals surface area contributed by atoms with Gasteiger partial charge in [-0.2, -0.15) is 0 Å². The zero-order chi connectivity index (χ0) is 11.5. The maximum atomic E-state index is 5.94. The van der Waals surface area contributed by atoms with Crippen LogP contribution in [0, 0.1) is 5.92 Å². The highest BCUT2D eigenvalue weighted by molar-refractivity contribution is 6.33. The Labute approximate surface area is 105 Å². The Kier molecular flexibility index (Phi) is 3.84. The molecule has 0 aromatic carbocycles. The Morgan fingerprint density at radius 2 is 2.19 bits per heavy atom. The average Bonchev–Trinajstić information content (AvgIpc) is 2.71. The van der Waals surface area contributed by atoms with E-state index in [0.717, 1.165) is 18.5 Å². The quantitative estimate of drug-likeness (QED) is 0.876. The van der Waals surface area contributed by atoms with Crippen molar-refractivity contribution in [2.45, 2.75) is 25.3 Å². The second-order valence-electron chi connectivity index (χ2n) is 4.05. The number of nitrogens with zero attached hydrogens (tertiary/aromatic N) is 2. The highest BCUT2D eigenvalue weighted by atomic mass is 35.5. The molecule has 1 saturated carbocycles. The van der Waals surface area contributed by atoms with E-state index in [1.54, 1.807) is 6.07 Å². The molecule has 0 aliphatic heterocycles. The van der Waals surface area contributed by atoms with Crippen LogP contribution in [0.3, 0.4) is 0 Å². The van der Waals surface area contributed by atoms with E-state index >= 15 is 0 Å². The second kappa shape index (κ2) is 5.17. The van der Waals surface area contributed by atoms with Crippen LogP contribution in [0.25, 0.3) is 0 Å². The highest BCUT2D eigenvalue weighted by Crippen LogP contribution is 2.30. The van der Waals surface area contributed by atoms with Crippen molar-refractivity contribution in [2.24, 2.45) is 11.7 Å². The summed E-state index contributed by atoms with van der Waals surface area (Å²) in [5, 5.41) is 11.5. The van der Waals surface area contributed by atoms with E-state index in [2.05, 4.69) is 15.5 Å². The lowest BCUT2D eigenvalue weighted by Gasteiger charge is -2.20. The van der Waals surface area contributed by atoms with Gasteiger partial charge in [-0.25, -0.2) is 0 Å². The first-order chi connectivity index (χ1) is 7.70. The molecule has 2 unspecified atom stereocenters. The summed E-state index contributed by atoms with van der Waals surface area (Å²) in [7, 11) is 0. The molecule has 0 radical (unpaired) electrons. The van der Waals surface area contributed by atoms with Gasteiger partial charge in [0.1, 0.15) is 0 Å². The molecule has 1 aromatic rings. The topological polar surface area (TPSA) is 63.8 Å². The molecule has 88 valence electrons. The van der Waals surface area contributed by atoms with E-state index in [1.807, 2.05) is 0 Å². The molecule has 0 spiro atoms. The van der Waals surface area contributed by atoms with Crippen molar-refractivity contribution < 1.29 is 0 Å². The van der Waals surface area contributed by atoms with Crippen LogP contribution in [-0.2, 0) is 0 Å². The van der Waals surface area contributed by atoms with Crippen molar-refractivity contribution in [3.63, 3.8) is 0 Å². The van der Waals surface area contributed by atoms with Crippen molar-refractivity contribution in [1.82, 2.24) is 10.2 Å². The molecule has 1 aliphatic rings. The fourth-order valence-electron chi connectivity index (χ4n) is 2.16. The van der Waals surface area contributed by atoms with E-state index in [1.165, 1.54) is 6.42 Å². The molecule has 1 aliphatic carbocycles. The van der Waals surface area contributed by atoms with Gasteiger partial charge in [0.05, 0.1) is 5.69 Å². The summed E-state index contributed by atoms with van der Waals surface area (Å²) in [5.41, 5.74) is 6.46. The third-order valence-corrected chi connectivity index (χ3v) is 3.49. The molecule has 16 heavy (non-hydrogen) atoms. The van der Waals surface area contributed by atoms with Gasteiger partial charge in [0.15, 0.2) is 10.3 Å². The smallest absolute Gasteiger partial charge is 0.174 e. The van der Waals surface area contributed by atoms with Crippen molar-refractivity contribution in [1.29, 1.82) is 0 Å². The van der Waals surface area contributed by atoms with Gasteiger partial charge in [-0.15, -0.1) is 10.2 Å². The molecule has 0 saturated heterocycles. The van der Waals surface area contributed by atoms with Gasteiger partial charge >= 0.3 is 0 Å². The van der Waals surface area contributed by atoms with Crippen LogP contribution in [0.2, 0.25) is 10.3 Å². The Hall–Kier alpha value is -0.580. The largest absolute Gasteiger partial charge is 0.379 e. The van der Waals surface area contributed by atoms with Crippen molar-refractivity contribution in [3.8, 4) is 0 Å². The second-order valence-corrected chi connectivity index (χ2v) is 4.79. The van der Waals surface area contributed by atoms with Crippen LogP contribution in [-0.4, -0.2) is 22.8 Å². The van der Waals surface area contributed by atoms with Crippen molar-refractivity contribution in [2.75, 3.05) is 11.9 Å². The summed E-state index contributed by atoms with van der Waals surface area (Å²) in [6, 6.07) is 2.06. The lowest BCUT2D eigenvalue weighted by atomic mass is 10.0. The number of anilines is 1. The molecule has 1 fully saturated rings. The third-order valence-electron chi connectivity index (χ3n) is 3.02. The van der Waals surface area contributed by atoms with Crippen LogP contribution in [0.1, 0.15) is 19.3 Å². The first-order valence-electron chi connectivity index (χ1n) is 5.36. The van der Waals surface area contributed by atoms with E-state index in [-0.39, 0.29) is 0 Å². The maximum absolute atomic E-state index is 5.94. The Bertz CT molecular complexity index is 372. The lowest BCUT2D eigenvalue weighted by Crippen LogP contribution is -2.29. The van der Waals surface area contributed by atoms with Crippen LogP contribution in [0.5, 0.6) is 0 Å². The van der Waals surface area contributed by atoms with Crippen molar-refractivity contribution in [3.05, 3.63) is 16.4 Å². The molecule has 6 heteroatoms. The number of hydrogen-bond acceptors (Lipinski definition) is 4. The normalized spacial score (nSPS) is 24.7. The Balaban J connectivity index is 2.11. The summed E-state index contributed by atoms with van der Waals surface area (Å²) < 4.78 is 0. The van der Waals surface area contributed by atoms with E-state index < -0.39 is 0 Å². The first-order valence-corrected chi connectivity index (χ1v) is 6.11. The molecule has 4 nitrogen and oxygen atoms in total. The number of nitrogens with two attached hydrogens (primary N) is 1. The predicted molar refractivity (Wildman–Crippen MR) is 65.9 cm³/mol. The van der Waals surface area contributed by atoms with Gasteiger partial charge < -0.3 is 11.1 Å². The van der Waals surface area contributed by atoms with E-state index in [4.69, 9.17) is 28.9 Å². The molecular weight excluding hydrogens is 247 g/mol. The Morgan fingerprint density at radius 3 is 2.94 bits per heavy atom. The van der Waals surface area contributed by atoms with Gasteiger partial charge in [0.2, 0.25) is 0 Å². The highest BCUT2D eigenvalue weighted by Gasteiger charge is 2.26. The molecule has 3 N–H and O–H groups in total. The Morgan fingerprint density at radius 1 is 1.38 bits per heavy atom. The van der Waals surface area contributed by atoms with Crippen LogP contribution < -0.4 is 11.1 Å². The summed E-state index contributed by atoms with van der Waals surface area (Å²) in [6.07, 6.45) is 3.47. The average molecular weight is 261 g/mol. The molecular formula is C10H14Cl2N4. The SMILES string of the molecule is NCC1CCCC1Nc1cc(Cl)nnc1Cl. The standard InChI is InChI=1S/C10H14Cl2N4/c11-9-4-8(10(12)16-15-9)14-7-3-1-2-6(7)5-13/h4,6-7H,1-3,5,13H2,(H,14,15). The van der Waals surface area contributed by atoms with Gasteiger partial charge in [-0.05, 0) is 25.3 Å². The third kappa shape index (κ3) is 2.56. The zero-order valence-corrected chi connectivity index (χ0v) is 10.3. The summed E-state index contributed by atoms with van der Waals surface area (Å²) in [6.45, 7) is 0.696. The van der Waals surface area contributed by atoms with Crippen LogP contribution in [0.4, 0.5) is 5.69 Å². The van der Waals surface area contributed by atoms with Gasteiger partial charge in [-0.3, -0.25) is 0 Å². The number of aromatic nitrogens is 2. The minimum Gasteiger partial charge on any atom is -0.379 e. The number of nitrogens with one attached hydrogen (secondary N) is 1. The molecule has 0 bridgehead atoms. The number of halogens is 2. The van der Waals surface area contributed by atoms with Crippen molar-refractivity contribution >= 4 is 28.9 Å². The minimum atomic E-state index is 0.342. The van der Waals surface area contributed by atoms with Crippen LogP contribution in [0.15, 0.2) is 6.07 Å². The van der Waals surface area contributed by atoms with Gasteiger partial charge in [0.25, 0.3) is 0 Å². The predicted octanol–water partition coefficient (Wildman–Crippen LogP) is 2.32. The van der Waals surface area contributed by atoms with Crippen LogP contribution >= 0.6 is 23.2 Å². The fourth-order valence-corrected chi connectivity index (χ4v) is 2.46. The lowest BCUT2D eigenvalue weighted by molar-refractivity contribution is 0.516. The maximum Gasteiger partial charge on any atom is 0.174 e. The first kappa shape index (κ1) is 11.9. The molecule has 0 amide bonds. The number of hydrogen-bond donors (Lipinski definition) is 2. The molecule has 1 heterocycles. The molecule has 1 aromatic heterocycles. The summed E-state index contributed by atoms with van der Waals surface area (Å²) >= 11 is 11.7.